The van der Waals surface area contributed by atoms with E-state index in [0.29, 0.717) is 11.5 Å². The van der Waals surface area contributed by atoms with E-state index in [9.17, 15) is 0 Å². The van der Waals surface area contributed by atoms with Gasteiger partial charge in [-0.3, -0.25) is 0 Å². The fourth-order valence-corrected chi connectivity index (χ4v) is 2.03. The quantitative estimate of drug-likeness (QED) is 0.659. The average molecular weight is 239 g/mol. The molecular formula is C13H13N5. The van der Waals surface area contributed by atoms with Gasteiger partial charge in [0.05, 0.1) is 5.69 Å². The molecule has 5 nitrogen and oxygen atoms in total. The van der Waals surface area contributed by atoms with Gasteiger partial charge in [0, 0.05) is 11.3 Å². The monoisotopic (exact) mass is 239 g/mol. The van der Waals surface area contributed by atoms with Crippen molar-refractivity contribution in [3.63, 3.8) is 0 Å². The number of aromatic nitrogens is 4. The minimum absolute atomic E-state index is 0.685. The first-order valence-electron chi connectivity index (χ1n) is 5.71. The molecule has 0 aliphatic carbocycles. The standard InChI is InChI=1S/C13H13N5/c1-8-4-3-5-10(14)12(8)13-16-15-11-7-6-9(2)17-18(11)13/h3-7H,14H2,1-2H3. The van der Waals surface area contributed by atoms with Crippen molar-refractivity contribution >= 4 is 11.3 Å². The molecule has 0 radical (unpaired) electrons. The van der Waals surface area contributed by atoms with Gasteiger partial charge in [0.15, 0.2) is 11.5 Å². The van der Waals surface area contributed by atoms with Crippen LogP contribution in [0.4, 0.5) is 5.69 Å². The van der Waals surface area contributed by atoms with Gasteiger partial charge in [0.25, 0.3) is 0 Å². The second kappa shape index (κ2) is 3.80. The van der Waals surface area contributed by atoms with E-state index in [2.05, 4.69) is 15.3 Å². The molecule has 2 heterocycles. The lowest BCUT2D eigenvalue weighted by molar-refractivity contribution is 0.901. The van der Waals surface area contributed by atoms with Crippen LogP contribution in [0, 0.1) is 13.8 Å². The van der Waals surface area contributed by atoms with Gasteiger partial charge in [-0.15, -0.1) is 10.2 Å². The summed E-state index contributed by atoms with van der Waals surface area (Å²) in [6, 6.07) is 9.60. The zero-order valence-corrected chi connectivity index (χ0v) is 10.3. The molecule has 90 valence electrons. The first-order valence-corrected chi connectivity index (χ1v) is 5.71. The van der Waals surface area contributed by atoms with E-state index in [1.165, 1.54) is 0 Å². The van der Waals surface area contributed by atoms with Crippen molar-refractivity contribution in [3.8, 4) is 11.4 Å². The van der Waals surface area contributed by atoms with E-state index in [0.717, 1.165) is 22.5 Å². The van der Waals surface area contributed by atoms with E-state index in [4.69, 9.17) is 5.73 Å². The second-order valence-electron chi connectivity index (χ2n) is 4.31. The summed E-state index contributed by atoms with van der Waals surface area (Å²) in [4.78, 5) is 0. The van der Waals surface area contributed by atoms with Gasteiger partial charge in [-0.2, -0.15) is 9.61 Å². The minimum atomic E-state index is 0.685. The number of nitrogens with two attached hydrogens (primary N) is 1. The average Bonchev–Trinajstić information content (AvgIpc) is 2.72. The molecule has 0 saturated heterocycles. The molecule has 0 unspecified atom stereocenters. The van der Waals surface area contributed by atoms with Gasteiger partial charge in [-0.1, -0.05) is 12.1 Å². The number of aryl methyl sites for hydroxylation is 2. The van der Waals surface area contributed by atoms with Gasteiger partial charge >= 0.3 is 0 Å². The van der Waals surface area contributed by atoms with Crippen molar-refractivity contribution < 1.29 is 0 Å². The number of fused-ring (bicyclic) bond motifs is 1. The van der Waals surface area contributed by atoms with Crippen LogP contribution < -0.4 is 5.73 Å². The summed E-state index contributed by atoms with van der Waals surface area (Å²) in [6.45, 7) is 3.94. The molecule has 0 aliphatic heterocycles. The lowest BCUT2D eigenvalue weighted by Gasteiger charge is -2.07. The molecule has 0 aliphatic rings. The number of benzene rings is 1. The number of nitrogens with zero attached hydrogens (tertiary/aromatic N) is 4. The van der Waals surface area contributed by atoms with Crippen LogP contribution in [-0.2, 0) is 0 Å². The van der Waals surface area contributed by atoms with Crippen LogP contribution in [-0.4, -0.2) is 19.8 Å². The van der Waals surface area contributed by atoms with Gasteiger partial charge in [-0.25, -0.2) is 0 Å². The predicted octanol–water partition coefficient (Wildman–Crippen LogP) is 1.99. The number of anilines is 1. The molecule has 2 aromatic heterocycles. The SMILES string of the molecule is Cc1ccc2nnc(-c3c(C)cccc3N)n2n1. The predicted molar refractivity (Wildman–Crippen MR) is 70.1 cm³/mol. The van der Waals surface area contributed by atoms with Gasteiger partial charge in [0.1, 0.15) is 0 Å². The maximum absolute atomic E-state index is 6.03. The van der Waals surface area contributed by atoms with Crippen LogP contribution in [0.2, 0.25) is 0 Å². The van der Waals surface area contributed by atoms with Crippen LogP contribution >= 0.6 is 0 Å². The molecule has 3 aromatic rings. The second-order valence-corrected chi connectivity index (χ2v) is 4.31. The molecule has 3 rings (SSSR count). The molecule has 2 N–H and O–H groups in total. The maximum Gasteiger partial charge on any atom is 0.187 e. The summed E-state index contributed by atoms with van der Waals surface area (Å²) < 4.78 is 1.73. The highest BCUT2D eigenvalue weighted by Gasteiger charge is 2.14. The maximum atomic E-state index is 6.03. The third kappa shape index (κ3) is 1.52. The summed E-state index contributed by atoms with van der Waals surface area (Å²) >= 11 is 0. The zero-order valence-electron chi connectivity index (χ0n) is 10.3. The van der Waals surface area contributed by atoms with E-state index >= 15 is 0 Å². The van der Waals surface area contributed by atoms with Crippen molar-refractivity contribution in [2.45, 2.75) is 13.8 Å². The largest absolute Gasteiger partial charge is 0.398 e. The van der Waals surface area contributed by atoms with Gasteiger partial charge < -0.3 is 5.73 Å². The van der Waals surface area contributed by atoms with Crippen LogP contribution in [0.25, 0.3) is 17.0 Å². The Kier molecular flexibility index (Phi) is 2.26. The molecule has 0 saturated carbocycles. The molecule has 0 atom stereocenters. The van der Waals surface area contributed by atoms with Crippen molar-refractivity contribution in [1.29, 1.82) is 0 Å². The van der Waals surface area contributed by atoms with E-state index in [1.807, 2.05) is 44.2 Å². The zero-order chi connectivity index (χ0) is 12.7. The first kappa shape index (κ1) is 10.7. The minimum Gasteiger partial charge on any atom is -0.398 e. The smallest absolute Gasteiger partial charge is 0.187 e. The van der Waals surface area contributed by atoms with Crippen molar-refractivity contribution in [1.82, 2.24) is 19.8 Å². The molecule has 5 heteroatoms. The molecule has 0 fully saturated rings. The van der Waals surface area contributed by atoms with Crippen LogP contribution in [0.5, 0.6) is 0 Å². The molecule has 0 bridgehead atoms. The number of hydrogen-bond acceptors (Lipinski definition) is 4. The Morgan fingerprint density at radius 2 is 1.89 bits per heavy atom. The Morgan fingerprint density at radius 3 is 2.67 bits per heavy atom. The Hall–Kier alpha value is -2.43. The first-order chi connectivity index (χ1) is 8.66. The highest BCUT2D eigenvalue weighted by atomic mass is 15.4. The van der Waals surface area contributed by atoms with E-state index in [1.54, 1.807) is 4.52 Å². The Balaban J connectivity index is 2.35. The summed E-state index contributed by atoms with van der Waals surface area (Å²) in [7, 11) is 0. The lowest BCUT2D eigenvalue weighted by atomic mass is 10.1. The Labute approximate surface area is 104 Å². The normalized spacial score (nSPS) is 11.0. The van der Waals surface area contributed by atoms with Gasteiger partial charge in [0.2, 0.25) is 0 Å². The topological polar surface area (TPSA) is 69.1 Å². The highest BCUT2D eigenvalue weighted by molar-refractivity contribution is 5.75. The van der Waals surface area contributed by atoms with Crippen LogP contribution in [0.1, 0.15) is 11.3 Å². The summed E-state index contributed by atoms with van der Waals surface area (Å²) in [5, 5.41) is 12.7. The summed E-state index contributed by atoms with van der Waals surface area (Å²) in [6.07, 6.45) is 0. The fraction of sp³-hybridized carbons (Fsp3) is 0.154. The summed E-state index contributed by atoms with van der Waals surface area (Å²) in [5.74, 6) is 0.685. The highest BCUT2D eigenvalue weighted by Crippen LogP contribution is 2.27. The van der Waals surface area contributed by atoms with Crippen molar-refractivity contribution in [2.24, 2.45) is 0 Å². The lowest BCUT2D eigenvalue weighted by Crippen LogP contribution is -2.00. The molecule has 1 aromatic carbocycles. The van der Waals surface area contributed by atoms with Gasteiger partial charge in [-0.05, 0) is 37.6 Å². The van der Waals surface area contributed by atoms with E-state index in [-0.39, 0.29) is 0 Å². The summed E-state index contributed by atoms with van der Waals surface area (Å²) in [5.41, 5.74) is 10.3. The Morgan fingerprint density at radius 1 is 1.06 bits per heavy atom. The Bertz CT molecular complexity index is 709. The number of nitrogen functional groups attached to an aromatic ring is 1. The van der Waals surface area contributed by atoms with Crippen molar-refractivity contribution in [2.75, 3.05) is 5.73 Å². The molecule has 18 heavy (non-hydrogen) atoms. The molecule has 0 amide bonds. The van der Waals surface area contributed by atoms with Crippen molar-refractivity contribution in [3.05, 3.63) is 41.6 Å². The number of hydrogen-bond donors (Lipinski definition) is 1. The molecular weight excluding hydrogens is 226 g/mol. The fourth-order valence-electron chi connectivity index (χ4n) is 2.03. The third-order valence-corrected chi connectivity index (χ3v) is 2.92. The van der Waals surface area contributed by atoms with Crippen LogP contribution in [0.15, 0.2) is 30.3 Å². The van der Waals surface area contributed by atoms with E-state index < -0.39 is 0 Å². The van der Waals surface area contributed by atoms with Crippen LogP contribution in [0.3, 0.4) is 0 Å². The third-order valence-electron chi connectivity index (χ3n) is 2.92. The molecule has 0 spiro atoms. The number of rotatable bonds is 1.